The van der Waals surface area contributed by atoms with Crippen molar-refractivity contribution >= 4 is 17.3 Å². The van der Waals surface area contributed by atoms with Crippen molar-refractivity contribution in [2.24, 2.45) is 0 Å². The quantitative estimate of drug-likeness (QED) is 0.790. The Morgan fingerprint density at radius 3 is 2.27 bits per heavy atom. The van der Waals surface area contributed by atoms with Gasteiger partial charge in [0, 0.05) is 23.8 Å². The predicted molar refractivity (Wildman–Crippen MR) is 62.1 cm³/mol. The molecule has 1 saturated heterocycles. The average molecular weight is 224 g/mol. The van der Waals surface area contributed by atoms with Crippen molar-refractivity contribution in [2.45, 2.75) is 18.4 Å². The second kappa shape index (κ2) is 4.03. The second-order valence-corrected chi connectivity index (χ2v) is 4.50. The van der Waals surface area contributed by atoms with Gasteiger partial charge in [-0.05, 0) is 44.0 Å². The van der Waals surface area contributed by atoms with Gasteiger partial charge in [-0.15, -0.1) is 0 Å². The van der Waals surface area contributed by atoms with Gasteiger partial charge in [0.25, 0.3) is 0 Å². The molecule has 2 radical (unpaired) electrons. The highest BCUT2D eigenvalue weighted by atomic mass is 35.5. The Kier molecular flexibility index (Phi) is 2.89. The van der Waals surface area contributed by atoms with Crippen molar-refractivity contribution < 1.29 is 5.11 Å². The Morgan fingerprint density at radius 2 is 1.73 bits per heavy atom. The van der Waals surface area contributed by atoms with Crippen LogP contribution in [0.25, 0.3) is 0 Å². The minimum atomic E-state index is -0.983. The number of benzene rings is 1. The maximum absolute atomic E-state index is 9.61. The number of aliphatic hydroxyl groups is 1. The van der Waals surface area contributed by atoms with Crippen LogP contribution in [0.2, 0.25) is 5.02 Å². The lowest BCUT2D eigenvalue weighted by Gasteiger charge is -2.36. The Balaban J connectivity index is 2.04. The van der Waals surface area contributed by atoms with Crippen molar-refractivity contribution in [1.29, 1.82) is 0 Å². The van der Waals surface area contributed by atoms with E-state index in [1.165, 1.54) is 0 Å². The number of nitrogens with zero attached hydrogens (tertiary/aromatic N) is 1. The summed E-state index contributed by atoms with van der Waals surface area (Å²) in [5.74, 6) is 0. The Hall–Kier alpha value is -0.730. The van der Waals surface area contributed by atoms with Crippen LogP contribution >= 0.6 is 11.6 Å². The lowest BCUT2D eigenvalue weighted by atomic mass is 9.93. The Labute approximate surface area is 95.5 Å². The van der Waals surface area contributed by atoms with Crippen molar-refractivity contribution in [3.63, 3.8) is 0 Å². The van der Waals surface area contributed by atoms with Gasteiger partial charge in [0.1, 0.15) is 0 Å². The van der Waals surface area contributed by atoms with E-state index in [1.54, 1.807) is 0 Å². The number of rotatable bonds is 1. The van der Waals surface area contributed by atoms with Crippen LogP contribution in [0, 0.1) is 6.92 Å². The first-order chi connectivity index (χ1) is 7.07. The molecule has 3 heteroatoms. The van der Waals surface area contributed by atoms with Crippen molar-refractivity contribution in [2.75, 3.05) is 18.0 Å². The van der Waals surface area contributed by atoms with E-state index in [2.05, 4.69) is 4.90 Å². The molecule has 0 amide bonds. The highest BCUT2D eigenvalue weighted by Gasteiger charge is 2.27. The molecule has 1 aliphatic rings. The van der Waals surface area contributed by atoms with Crippen molar-refractivity contribution in [3.8, 4) is 0 Å². The van der Waals surface area contributed by atoms with E-state index >= 15 is 0 Å². The monoisotopic (exact) mass is 223 g/mol. The molecule has 0 aromatic heterocycles. The largest absolute Gasteiger partial charge is 0.389 e. The van der Waals surface area contributed by atoms with E-state index in [-0.39, 0.29) is 0 Å². The van der Waals surface area contributed by atoms with Gasteiger partial charge in [-0.2, -0.15) is 0 Å². The predicted octanol–water partition coefficient (Wildman–Crippen LogP) is 2.38. The lowest BCUT2D eigenvalue weighted by molar-refractivity contribution is 0.0618. The fourth-order valence-corrected chi connectivity index (χ4v) is 1.93. The summed E-state index contributed by atoms with van der Waals surface area (Å²) in [6.45, 7) is 7.22. The molecule has 2 nitrogen and oxygen atoms in total. The van der Waals surface area contributed by atoms with E-state index in [9.17, 15) is 5.11 Å². The van der Waals surface area contributed by atoms with Crippen LogP contribution in [0.1, 0.15) is 12.8 Å². The fraction of sp³-hybridized carbons (Fsp3) is 0.417. The third kappa shape index (κ3) is 2.64. The molecule has 1 aliphatic heterocycles. The third-order valence-corrected chi connectivity index (χ3v) is 3.07. The van der Waals surface area contributed by atoms with E-state index < -0.39 is 5.60 Å². The Bertz CT molecular complexity index is 324. The van der Waals surface area contributed by atoms with Gasteiger partial charge >= 0.3 is 0 Å². The summed E-state index contributed by atoms with van der Waals surface area (Å²) in [5, 5.41) is 10.4. The van der Waals surface area contributed by atoms with Crippen LogP contribution in [-0.4, -0.2) is 23.8 Å². The van der Waals surface area contributed by atoms with Gasteiger partial charge in [-0.3, -0.25) is 0 Å². The van der Waals surface area contributed by atoms with E-state index in [0.717, 1.165) is 23.8 Å². The van der Waals surface area contributed by atoms with Gasteiger partial charge in [0.2, 0.25) is 0 Å². The molecule has 80 valence electrons. The Morgan fingerprint density at radius 1 is 1.20 bits per heavy atom. The standard InChI is InChI=1S/C12H14ClNO/c1-12(15)6-8-14(9-7-12)11-4-2-10(13)3-5-11/h1-5,15H,6-9H2. The maximum Gasteiger partial charge on any atom is 0.0717 e. The fourth-order valence-electron chi connectivity index (χ4n) is 1.80. The molecule has 0 spiro atoms. The van der Waals surface area contributed by atoms with Crippen LogP contribution in [-0.2, 0) is 0 Å². The molecule has 2 rings (SSSR count). The SMILES string of the molecule is [CH]C1(O)CCN(c2ccc(Cl)cc2)CC1. The van der Waals surface area contributed by atoms with Gasteiger partial charge in [0.15, 0.2) is 0 Å². The van der Waals surface area contributed by atoms with Crippen LogP contribution in [0.4, 0.5) is 5.69 Å². The average Bonchev–Trinajstić information content (AvgIpc) is 2.20. The zero-order valence-electron chi connectivity index (χ0n) is 8.49. The summed E-state index contributed by atoms with van der Waals surface area (Å²) in [6, 6.07) is 7.73. The first-order valence-electron chi connectivity index (χ1n) is 5.09. The summed E-state index contributed by atoms with van der Waals surface area (Å²) in [6.07, 6.45) is 1.21. The van der Waals surface area contributed by atoms with Gasteiger partial charge in [0.05, 0.1) is 5.60 Å². The number of piperidine rings is 1. The summed E-state index contributed by atoms with van der Waals surface area (Å²) >= 11 is 5.82. The van der Waals surface area contributed by atoms with Crippen LogP contribution in [0.5, 0.6) is 0 Å². The molecule has 1 heterocycles. The van der Waals surface area contributed by atoms with Gasteiger partial charge < -0.3 is 10.0 Å². The molecule has 0 saturated carbocycles. The first kappa shape index (κ1) is 10.8. The van der Waals surface area contributed by atoms with E-state index in [0.29, 0.717) is 12.8 Å². The highest BCUT2D eigenvalue weighted by molar-refractivity contribution is 6.30. The van der Waals surface area contributed by atoms with Crippen LogP contribution in [0.3, 0.4) is 0 Å². The minimum Gasteiger partial charge on any atom is -0.389 e. The number of hydrogen-bond acceptors (Lipinski definition) is 2. The summed E-state index contributed by atoms with van der Waals surface area (Å²) in [7, 11) is 0. The summed E-state index contributed by atoms with van der Waals surface area (Å²) in [4.78, 5) is 2.21. The summed E-state index contributed by atoms with van der Waals surface area (Å²) in [5.41, 5.74) is 0.151. The highest BCUT2D eigenvalue weighted by Crippen LogP contribution is 2.26. The molecule has 1 fully saturated rings. The van der Waals surface area contributed by atoms with Gasteiger partial charge in [-0.25, -0.2) is 0 Å². The molecule has 1 N–H and O–H groups in total. The molecule has 0 atom stereocenters. The minimum absolute atomic E-state index is 0.607. The number of halogens is 1. The molecule has 15 heavy (non-hydrogen) atoms. The first-order valence-corrected chi connectivity index (χ1v) is 5.46. The normalized spacial score (nSPS) is 20.3. The molecular weight excluding hydrogens is 210 g/mol. The zero-order valence-corrected chi connectivity index (χ0v) is 9.24. The molecule has 1 aromatic carbocycles. The van der Waals surface area contributed by atoms with Gasteiger partial charge in [-0.1, -0.05) is 11.6 Å². The molecule has 0 unspecified atom stereocenters. The number of hydrogen-bond donors (Lipinski definition) is 1. The molecule has 1 aromatic rings. The topological polar surface area (TPSA) is 23.5 Å². The lowest BCUT2D eigenvalue weighted by Crippen LogP contribution is -2.42. The molecular formula is C12H14ClNO. The van der Waals surface area contributed by atoms with E-state index in [4.69, 9.17) is 18.5 Å². The van der Waals surface area contributed by atoms with Crippen LogP contribution < -0.4 is 4.90 Å². The van der Waals surface area contributed by atoms with E-state index in [1.807, 2.05) is 24.3 Å². The smallest absolute Gasteiger partial charge is 0.0717 e. The third-order valence-electron chi connectivity index (χ3n) is 2.82. The number of anilines is 1. The van der Waals surface area contributed by atoms with Crippen molar-refractivity contribution in [3.05, 3.63) is 36.2 Å². The molecule has 0 aliphatic carbocycles. The zero-order chi connectivity index (χ0) is 10.9. The maximum atomic E-state index is 9.61. The molecule has 0 bridgehead atoms. The van der Waals surface area contributed by atoms with Crippen molar-refractivity contribution in [1.82, 2.24) is 0 Å². The second-order valence-electron chi connectivity index (χ2n) is 4.07. The van der Waals surface area contributed by atoms with Crippen LogP contribution in [0.15, 0.2) is 24.3 Å². The summed E-state index contributed by atoms with van der Waals surface area (Å²) < 4.78 is 0.